The van der Waals surface area contributed by atoms with Gasteiger partial charge in [0.1, 0.15) is 0 Å². The molecular weight excluding hydrogens is 210 g/mol. The predicted molar refractivity (Wildman–Crippen MR) is 73.1 cm³/mol. The van der Waals surface area contributed by atoms with Gasteiger partial charge in [0.15, 0.2) is 0 Å². The smallest absolute Gasteiger partial charge is 0.0657 e. The van der Waals surface area contributed by atoms with Gasteiger partial charge in [0.05, 0.1) is 12.6 Å². The van der Waals surface area contributed by atoms with Crippen molar-refractivity contribution in [2.45, 2.75) is 39.3 Å². The molecule has 0 radical (unpaired) electrons. The van der Waals surface area contributed by atoms with Crippen molar-refractivity contribution >= 4 is 0 Å². The number of ether oxygens (including phenoxy) is 1. The average molecular weight is 235 g/mol. The summed E-state index contributed by atoms with van der Waals surface area (Å²) in [6, 6.07) is 11.3. The zero-order valence-electron chi connectivity index (χ0n) is 11.4. The fourth-order valence-electron chi connectivity index (χ4n) is 2.21. The molecule has 0 amide bonds. The second-order valence-corrected chi connectivity index (χ2v) is 5.12. The maximum Gasteiger partial charge on any atom is 0.0657 e. The lowest BCUT2D eigenvalue weighted by Crippen LogP contribution is -2.34. The predicted octanol–water partition coefficient (Wildman–Crippen LogP) is 3.40. The van der Waals surface area contributed by atoms with Crippen molar-refractivity contribution in [1.82, 2.24) is 5.32 Å². The van der Waals surface area contributed by atoms with Crippen molar-refractivity contribution in [3.63, 3.8) is 0 Å². The van der Waals surface area contributed by atoms with E-state index >= 15 is 0 Å². The number of nitrogens with one attached hydrogen (secondary N) is 1. The van der Waals surface area contributed by atoms with Crippen LogP contribution in [0.3, 0.4) is 0 Å². The van der Waals surface area contributed by atoms with Gasteiger partial charge in [-0.1, -0.05) is 44.2 Å². The van der Waals surface area contributed by atoms with E-state index in [9.17, 15) is 0 Å². The van der Waals surface area contributed by atoms with Gasteiger partial charge in [-0.15, -0.1) is 0 Å². The number of rotatable bonds is 7. The maximum absolute atomic E-state index is 5.30. The molecular formula is C15H25NO. The highest BCUT2D eigenvalue weighted by Gasteiger charge is 2.14. The van der Waals surface area contributed by atoms with Crippen LogP contribution in [0.2, 0.25) is 0 Å². The van der Waals surface area contributed by atoms with Gasteiger partial charge in [-0.05, 0) is 24.8 Å². The molecule has 0 fully saturated rings. The zero-order chi connectivity index (χ0) is 12.7. The third-order valence-corrected chi connectivity index (χ3v) is 2.85. The Labute approximate surface area is 105 Å². The first kappa shape index (κ1) is 14.2. The number of hydrogen-bond donors (Lipinski definition) is 1. The SMILES string of the molecule is COCC(NC(C)CC(C)C)c1ccccc1. The Morgan fingerprint density at radius 1 is 1.12 bits per heavy atom. The molecule has 0 aliphatic rings. The van der Waals surface area contributed by atoms with Crippen molar-refractivity contribution in [3.8, 4) is 0 Å². The summed E-state index contributed by atoms with van der Waals surface area (Å²) in [4.78, 5) is 0. The molecule has 2 heteroatoms. The van der Waals surface area contributed by atoms with Crippen molar-refractivity contribution in [2.75, 3.05) is 13.7 Å². The van der Waals surface area contributed by atoms with E-state index in [4.69, 9.17) is 4.74 Å². The number of benzene rings is 1. The van der Waals surface area contributed by atoms with Crippen LogP contribution in [0.25, 0.3) is 0 Å². The van der Waals surface area contributed by atoms with E-state index in [0.29, 0.717) is 12.6 Å². The number of methoxy groups -OCH3 is 1. The molecule has 1 aromatic carbocycles. The lowest BCUT2D eigenvalue weighted by molar-refractivity contribution is 0.160. The molecule has 17 heavy (non-hydrogen) atoms. The van der Waals surface area contributed by atoms with Gasteiger partial charge in [0.2, 0.25) is 0 Å². The Balaban J connectivity index is 2.60. The molecule has 0 aliphatic carbocycles. The number of hydrogen-bond acceptors (Lipinski definition) is 2. The van der Waals surface area contributed by atoms with Crippen LogP contribution in [0.1, 0.15) is 38.8 Å². The van der Waals surface area contributed by atoms with E-state index in [2.05, 4.69) is 50.4 Å². The van der Waals surface area contributed by atoms with E-state index in [0.717, 1.165) is 5.92 Å². The molecule has 0 saturated heterocycles. The van der Waals surface area contributed by atoms with Crippen LogP contribution in [0.5, 0.6) is 0 Å². The first-order valence-electron chi connectivity index (χ1n) is 6.43. The second kappa shape index (κ2) is 7.46. The maximum atomic E-state index is 5.30. The van der Waals surface area contributed by atoms with E-state index in [1.54, 1.807) is 7.11 Å². The van der Waals surface area contributed by atoms with E-state index in [-0.39, 0.29) is 6.04 Å². The van der Waals surface area contributed by atoms with Crippen LogP contribution in [0, 0.1) is 5.92 Å². The highest BCUT2D eigenvalue weighted by atomic mass is 16.5. The second-order valence-electron chi connectivity index (χ2n) is 5.12. The first-order valence-corrected chi connectivity index (χ1v) is 6.43. The molecule has 2 nitrogen and oxygen atoms in total. The van der Waals surface area contributed by atoms with E-state index in [1.165, 1.54) is 12.0 Å². The monoisotopic (exact) mass is 235 g/mol. The summed E-state index contributed by atoms with van der Waals surface area (Å²) in [5, 5.41) is 3.64. The Kier molecular flexibility index (Phi) is 6.23. The normalized spacial score (nSPS) is 14.9. The molecule has 2 unspecified atom stereocenters. The van der Waals surface area contributed by atoms with Crippen LogP contribution in [0.15, 0.2) is 30.3 Å². The summed E-state index contributed by atoms with van der Waals surface area (Å²) < 4.78 is 5.30. The van der Waals surface area contributed by atoms with Crippen molar-refractivity contribution in [1.29, 1.82) is 0 Å². The third-order valence-electron chi connectivity index (χ3n) is 2.85. The van der Waals surface area contributed by atoms with Crippen LogP contribution in [-0.2, 0) is 4.74 Å². The standard InChI is InChI=1S/C15H25NO/c1-12(2)10-13(3)16-15(11-17-4)14-8-6-5-7-9-14/h5-9,12-13,15-16H,10-11H2,1-4H3. The molecule has 0 aliphatic heterocycles. The van der Waals surface area contributed by atoms with Gasteiger partial charge in [0, 0.05) is 13.2 Å². The molecule has 0 spiro atoms. The van der Waals surface area contributed by atoms with Crippen molar-refractivity contribution in [2.24, 2.45) is 5.92 Å². The van der Waals surface area contributed by atoms with Crippen molar-refractivity contribution < 1.29 is 4.74 Å². The van der Waals surface area contributed by atoms with Crippen LogP contribution >= 0.6 is 0 Å². The summed E-state index contributed by atoms with van der Waals surface area (Å²) in [6.07, 6.45) is 1.19. The third kappa shape index (κ3) is 5.33. The summed E-state index contributed by atoms with van der Waals surface area (Å²) in [5.74, 6) is 0.719. The minimum absolute atomic E-state index is 0.287. The van der Waals surface area contributed by atoms with Crippen LogP contribution < -0.4 is 5.32 Å². The summed E-state index contributed by atoms with van der Waals surface area (Å²) >= 11 is 0. The molecule has 0 heterocycles. The average Bonchev–Trinajstić information content (AvgIpc) is 2.28. The quantitative estimate of drug-likeness (QED) is 0.782. The largest absolute Gasteiger partial charge is 0.383 e. The Bertz CT molecular complexity index is 297. The Hall–Kier alpha value is -0.860. The van der Waals surface area contributed by atoms with E-state index < -0.39 is 0 Å². The van der Waals surface area contributed by atoms with Crippen LogP contribution in [-0.4, -0.2) is 19.8 Å². The van der Waals surface area contributed by atoms with Gasteiger partial charge in [-0.25, -0.2) is 0 Å². The highest BCUT2D eigenvalue weighted by Crippen LogP contribution is 2.15. The Morgan fingerprint density at radius 3 is 2.29 bits per heavy atom. The molecule has 1 aromatic rings. The highest BCUT2D eigenvalue weighted by molar-refractivity contribution is 5.19. The van der Waals surface area contributed by atoms with Gasteiger partial charge in [-0.2, -0.15) is 0 Å². The lowest BCUT2D eigenvalue weighted by Gasteiger charge is -2.24. The Morgan fingerprint density at radius 2 is 1.76 bits per heavy atom. The molecule has 96 valence electrons. The fraction of sp³-hybridized carbons (Fsp3) is 0.600. The zero-order valence-corrected chi connectivity index (χ0v) is 11.4. The minimum atomic E-state index is 0.287. The first-order chi connectivity index (χ1) is 8.13. The van der Waals surface area contributed by atoms with Crippen molar-refractivity contribution in [3.05, 3.63) is 35.9 Å². The fourth-order valence-corrected chi connectivity index (χ4v) is 2.21. The van der Waals surface area contributed by atoms with Gasteiger partial charge >= 0.3 is 0 Å². The molecule has 2 atom stereocenters. The minimum Gasteiger partial charge on any atom is -0.383 e. The lowest BCUT2D eigenvalue weighted by atomic mass is 10.0. The molecule has 0 bridgehead atoms. The van der Waals surface area contributed by atoms with Crippen LogP contribution in [0.4, 0.5) is 0 Å². The van der Waals surface area contributed by atoms with E-state index in [1.807, 2.05) is 6.07 Å². The van der Waals surface area contributed by atoms with Gasteiger partial charge < -0.3 is 10.1 Å². The van der Waals surface area contributed by atoms with Gasteiger partial charge in [-0.3, -0.25) is 0 Å². The molecule has 0 aromatic heterocycles. The molecule has 1 N–H and O–H groups in total. The molecule has 1 rings (SSSR count). The topological polar surface area (TPSA) is 21.3 Å². The van der Waals surface area contributed by atoms with Gasteiger partial charge in [0.25, 0.3) is 0 Å². The summed E-state index contributed by atoms with van der Waals surface area (Å²) in [5.41, 5.74) is 1.30. The summed E-state index contributed by atoms with van der Waals surface area (Å²) in [7, 11) is 1.75. The summed E-state index contributed by atoms with van der Waals surface area (Å²) in [6.45, 7) is 7.47. The molecule has 0 saturated carbocycles.